The highest BCUT2D eigenvalue weighted by molar-refractivity contribution is 6.06. The monoisotopic (exact) mass is 376 g/mol. The number of para-hydroxylation sites is 3. The number of hydrogen-bond acceptors (Lipinski definition) is 5. The van der Waals surface area contributed by atoms with Crippen molar-refractivity contribution in [2.24, 2.45) is 0 Å². The average Bonchev–Trinajstić information content (AvgIpc) is 2.72. The molecule has 1 aromatic heterocycles. The van der Waals surface area contributed by atoms with Gasteiger partial charge in [0.2, 0.25) is 0 Å². The summed E-state index contributed by atoms with van der Waals surface area (Å²) in [4.78, 5) is 32.4. The zero-order chi connectivity index (χ0) is 19.7. The first-order chi connectivity index (χ1) is 13.5. The number of fused-ring (bicyclic) bond motifs is 1. The van der Waals surface area contributed by atoms with Gasteiger partial charge in [-0.2, -0.15) is 0 Å². The van der Waals surface area contributed by atoms with E-state index in [0.717, 1.165) is 16.6 Å². The topological polar surface area (TPSA) is 79.6 Å². The van der Waals surface area contributed by atoms with Gasteiger partial charge in [0.1, 0.15) is 5.69 Å². The van der Waals surface area contributed by atoms with Crippen LogP contribution in [0.2, 0.25) is 0 Å². The molecule has 0 N–H and O–H groups in total. The minimum atomic E-state index is -0.362. The summed E-state index contributed by atoms with van der Waals surface area (Å²) in [5, 5.41) is 12.1. The van der Waals surface area contributed by atoms with Crippen LogP contribution in [-0.4, -0.2) is 46.9 Å². The minimum Gasteiger partial charge on any atom is -0.362 e. The lowest BCUT2D eigenvalue weighted by atomic mass is 10.1. The zero-order valence-corrected chi connectivity index (χ0v) is 15.5. The predicted molar refractivity (Wildman–Crippen MR) is 108 cm³/mol. The first kappa shape index (κ1) is 17.9. The number of nitrogens with zero attached hydrogens (tertiary/aromatic N) is 4. The number of aromatic nitrogens is 1. The summed E-state index contributed by atoms with van der Waals surface area (Å²) < 4.78 is 0. The number of piperazine rings is 1. The van der Waals surface area contributed by atoms with Gasteiger partial charge >= 0.3 is 0 Å². The largest absolute Gasteiger partial charge is 0.362 e. The fourth-order valence-corrected chi connectivity index (χ4v) is 3.69. The van der Waals surface area contributed by atoms with Crippen LogP contribution in [0, 0.1) is 17.0 Å². The summed E-state index contributed by atoms with van der Waals surface area (Å²) >= 11 is 0. The van der Waals surface area contributed by atoms with Gasteiger partial charge in [0.15, 0.2) is 0 Å². The third-order valence-electron chi connectivity index (χ3n) is 5.06. The van der Waals surface area contributed by atoms with Crippen LogP contribution < -0.4 is 4.90 Å². The Kier molecular flexibility index (Phi) is 4.65. The molecule has 0 radical (unpaired) electrons. The highest BCUT2D eigenvalue weighted by Gasteiger charge is 2.27. The highest BCUT2D eigenvalue weighted by atomic mass is 16.6. The summed E-state index contributed by atoms with van der Waals surface area (Å²) in [6.45, 7) is 4.02. The number of carbonyl (C=O) groups is 1. The Morgan fingerprint density at radius 2 is 1.71 bits per heavy atom. The molecule has 1 aliphatic heterocycles. The van der Waals surface area contributed by atoms with Crippen molar-refractivity contribution in [1.29, 1.82) is 0 Å². The Morgan fingerprint density at radius 1 is 1.04 bits per heavy atom. The number of nitro groups is 1. The maximum Gasteiger partial charge on any atom is 0.292 e. The van der Waals surface area contributed by atoms with Crippen molar-refractivity contribution in [2.45, 2.75) is 6.92 Å². The molecule has 142 valence electrons. The van der Waals surface area contributed by atoms with E-state index >= 15 is 0 Å². The Labute approximate surface area is 162 Å². The maximum absolute atomic E-state index is 13.2. The van der Waals surface area contributed by atoms with Gasteiger partial charge in [0.25, 0.3) is 11.6 Å². The lowest BCUT2D eigenvalue weighted by molar-refractivity contribution is -0.384. The van der Waals surface area contributed by atoms with Crippen molar-refractivity contribution in [3.8, 4) is 0 Å². The number of nitro benzene ring substituents is 1. The second kappa shape index (κ2) is 7.26. The van der Waals surface area contributed by atoms with Crippen LogP contribution in [0.3, 0.4) is 0 Å². The molecule has 0 unspecified atom stereocenters. The fourth-order valence-electron chi connectivity index (χ4n) is 3.69. The molecule has 2 heterocycles. The molecule has 0 spiro atoms. The third-order valence-corrected chi connectivity index (χ3v) is 5.06. The molecule has 2 aromatic carbocycles. The van der Waals surface area contributed by atoms with E-state index in [9.17, 15) is 14.9 Å². The standard InChI is InChI=1S/C21H20N4O3/c1-15-14-17(16-6-2-3-7-18(16)22-15)21(26)24-12-10-23(11-13-24)19-8-4-5-9-20(19)25(27)28/h2-9,14H,10-13H2,1H3. The predicted octanol–water partition coefficient (Wildman–Crippen LogP) is 3.41. The van der Waals surface area contributed by atoms with Gasteiger partial charge < -0.3 is 9.80 Å². The van der Waals surface area contributed by atoms with Crippen molar-refractivity contribution in [3.05, 3.63) is 76.0 Å². The summed E-state index contributed by atoms with van der Waals surface area (Å²) in [5.41, 5.74) is 2.97. The van der Waals surface area contributed by atoms with Crippen LogP contribution in [0.1, 0.15) is 16.1 Å². The molecule has 4 rings (SSSR count). The average molecular weight is 376 g/mol. The fraction of sp³-hybridized carbons (Fsp3) is 0.238. The number of amides is 1. The Bertz CT molecular complexity index is 1060. The van der Waals surface area contributed by atoms with Gasteiger partial charge in [0, 0.05) is 43.3 Å². The van der Waals surface area contributed by atoms with Crippen LogP contribution in [0.15, 0.2) is 54.6 Å². The van der Waals surface area contributed by atoms with E-state index in [-0.39, 0.29) is 16.5 Å². The number of pyridine rings is 1. The molecule has 7 heteroatoms. The van der Waals surface area contributed by atoms with Crippen molar-refractivity contribution in [1.82, 2.24) is 9.88 Å². The molecule has 1 aliphatic rings. The lowest BCUT2D eigenvalue weighted by Gasteiger charge is -2.36. The molecule has 0 aliphatic carbocycles. The number of benzene rings is 2. The molecule has 7 nitrogen and oxygen atoms in total. The molecular formula is C21H20N4O3. The van der Waals surface area contributed by atoms with Gasteiger partial charge in [-0.1, -0.05) is 30.3 Å². The Hall–Kier alpha value is -3.48. The molecule has 0 atom stereocenters. The number of hydrogen-bond donors (Lipinski definition) is 0. The summed E-state index contributed by atoms with van der Waals surface area (Å²) in [7, 11) is 0. The zero-order valence-electron chi connectivity index (χ0n) is 15.5. The van der Waals surface area contributed by atoms with Crippen LogP contribution in [0.5, 0.6) is 0 Å². The SMILES string of the molecule is Cc1cc(C(=O)N2CCN(c3ccccc3[N+](=O)[O-])CC2)c2ccccc2n1. The molecular weight excluding hydrogens is 356 g/mol. The van der Waals surface area contributed by atoms with Crippen molar-refractivity contribution < 1.29 is 9.72 Å². The summed E-state index contributed by atoms with van der Waals surface area (Å²) in [5.74, 6) is -0.0242. The van der Waals surface area contributed by atoms with Gasteiger partial charge in [-0.25, -0.2) is 0 Å². The van der Waals surface area contributed by atoms with Crippen molar-refractivity contribution in [3.63, 3.8) is 0 Å². The smallest absolute Gasteiger partial charge is 0.292 e. The molecule has 1 amide bonds. The molecule has 1 fully saturated rings. The van der Waals surface area contributed by atoms with Gasteiger partial charge in [-0.3, -0.25) is 19.9 Å². The quantitative estimate of drug-likeness (QED) is 0.517. The number of aryl methyl sites for hydroxylation is 1. The summed E-state index contributed by atoms with van der Waals surface area (Å²) in [6.07, 6.45) is 0. The number of anilines is 1. The van der Waals surface area contributed by atoms with E-state index in [2.05, 4.69) is 4.98 Å². The van der Waals surface area contributed by atoms with Gasteiger partial charge in [0.05, 0.1) is 16.0 Å². The second-order valence-corrected chi connectivity index (χ2v) is 6.85. The van der Waals surface area contributed by atoms with Crippen molar-refractivity contribution in [2.75, 3.05) is 31.1 Å². The van der Waals surface area contributed by atoms with E-state index in [1.54, 1.807) is 18.2 Å². The number of rotatable bonds is 3. The second-order valence-electron chi connectivity index (χ2n) is 6.85. The van der Waals surface area contributed by atoms with Crippen LogP contribution in [-0.2, 0) is 0 Å². The molecule has 0 saturated carbocycles. The highest BCUT2D eigenvalue weighted by Crippen LogP contribution is 2.29. The minimum absolute atomic E-state index is 0.0242. The van der Waals surface area contributed by atoms with Crippen LogP contribution in [0.4, 0.5) is 11.4 Å². The number of carbonyl (C=O) groups excluding carboxylic acids is 1. The Morgan fingerprint density at radius 3 is 2.46 bits per heavy atom. The van der Waals surface area contributed by atoms with E-state index in [1.807, 2.05) is 47.1 Å². The lowest BCUT2D eigenvalue weighted by Crippen LogP contribution is -2.49. The third kappa shape index (κ3) is 3.26. The van der Waals surface area contributed by atoms with Gasteiger partial charge in [-0.05, 0) is 25.1 Å². The first-order valence-electron chi connectivity index (χ1n) is 9.18. The Balaban J connectivity index is 1.55. The van der Waals surface area contributed by atoms with E-state index in [0.29, 0.717) is 37.4 Å². The molecule has 0 bridgehead atoms. The maximum atomic E-state index is 13.2. The van der Waals surface area contributed by atoms with E-state index in [1.165, 1.54) is 6.07 Å². The van der Waals surface area contributed by atoms with Crippen molar-refractivity contribution >= 4 is 28.2 Å². The van der Waals surface area contributed by atoms with E-state index in [4.69, 9.17) is 0 Å². The normalized spacial score (nSPS) is 14.3. The first-order valence-corrected chi connectivity index (χ1v) is 9.18. The van der Waals surface area contributed by atoms with Crippen LogP contribution in [0.25, 0.3) is 10.9 Å². The molecule has 3 aromatic rings. The van der Waals surface area contributed by atoms with Gasteiger partial charge in [-0.15, -0.1) is 0 Å². The van der Waals surface area contributed by atoms with E-state index < -0.39 is 0 Å². The van der Waals surface area contributed by atoms with Crippen LogP contribution >= 0.6 is 0 Å². The molecule has 28 heavy (non-hydrogen) atoms. The molecule has 1 saturated heterocycles. The summed E-state index contributed by atoms with van der Waals surface area (Å²) in [6, 6.07) is 16.2.